The molecule has 222 valence electrons. The van der Waals surface area contributed by atoms with Gasteiger partial charge in [0.2, 0.25) is 0 Å². The standard InChI is InChI=1S/C46H28N2/c1-2-10-29(11-3-1)43-26-21-30-18-19-31-22-27-44(48-46(31)45(30)47-43)41-25-24-33(34-12-4-8-16-38(34)41)32-20-23-40-37-15-6-5-13-35(37)36-14-7-9-17-39(36)42(40)28-32/h1-28H. The van der Waals surface area contributed by atoms with Gasteiger partial charge in [-0.05, 0) is 72.4 Å². The Bertz CT molecular complexity index is 2850. The van der Waals surface area contributed by atoms with E-state index in [1.807, 2.05) is 6.07 Å². The van der Waals surface area contributed by atoms with Crippen molar-refractivity contribution in [1.29, 1.82) is 0 Å². The summed E-state index contributed by atoms with van der Waals surface area (Å²) in [5.41, 5.74) is 8.38. The van der Waals surface area contributed by atoms with Gasteiger partial charge >= 0.3 is 0 Å². The van der Waals surface area contributed by atoms with Gasteiger partial charge < -0.3 is 0 Å². The van der Waals surface area contributed by atoms with Crippen LogP contribution in [0.2, 0.25) is 0 Å². The zero-order chi connectivity index (χ0) is 31.6. The minimum Gasteiger partial charge on any atom is -0.245 e. The van der Waals surface area contributed by atoms with Crippen molar-refractivity contribution < 1.29 is 0 Å². The molecule has 0 unspecified atom stereocenters. The SMILES string of the molecule is c1ccc(-c2ccc3ccc4ccc(-c5ccc(-c6ccc7c8ccccc8c8ccccc8c7c6)c6ccccc56)nc4c3n2)cc1. The lowest BCUT2D eigenvalue weighted by Crippen LogP contribution is -1.92. The molecule has 0 spiro atoms. The molecule has 48 heavy (non-hydrogen) atoms. The first kappa shape index (κ1) is 26.8. The third-order valence-electron chi connectivity index (χ3n) is 9.84. The van der Waals surface area contributed by atoms with Crippen molar-refractivity contribution in [1.82, 2.24) is 9.97 Å². The van der Waals surface area contributed by atoms with Gasteiger partial charge in [0, 0.05) is 21.9 Å². The predicted molar refractivity (Wildman–Crippen MR) is 203 cm³/mol. The minimum absolute atomic E-state index is 0.921. The summed E-state index contributed by atoms with van der Waals surface area (Å²) in [7, 11) is 0. The maximum atomic E-state index is 5.30. The number of hydrogen-bond donors (Lipinski definition) is 0. The van der Waals surface area contributed by atoms with Gasteiger partial charge in [0.15, 0.2) is 0 Å². The lowest BCUT2D eigenvalue weighted by molar-refractivity contribution is 1.37. The van der Waals surface area contributed by atoms with Crippen molar-refractivity contribution in [2.45, 2.75) is 0 Å². The van der Waals surface area contributed by atoms with Crippen molar-refractivity contribution in [3.63, 3.8) is 0 Å². The summed E-state index contributed by atoms with van der Waals surface area (Å²) in [6.07, 6.45) is 0. The van der Waals surface area contributed by atoms with Crippen LogP contribution in [0, 0.1) is 0 Å². The second-order valence-corrected chi connectivity index (χ2v) is 12.5. The van der Waals surface area contributed by atoms with Gasteiger partial charge in [0.05, 0.1) is 22.4 Å². The van der Waals surface area contributed by atoms with Crippen LogP contribution in [0.15, 0.2) is 170 Å². The van der Waals surface area contributed by atoms with Crippen LogP contribution in [0.3, 0.4) is 0 Å². The second-order valence-electron chi connectivity index (χ2n) is 12.5. The van der Waals surface area contributed by atoms with Gasteiger partial charge in [-0.15, -0.1) is 0 Å². The monoisotopic (exact) mass is 608 g/mol. The summed E-state index contributed by atoms with van der Waals surface area (Å²) in [5, 5.41) is 12.3. The molecule has 0 saturated carbocycles. The zero-order valence-electron chi connectivity index (χ0n) is 26.1. The summed E-state index contributed by atoms with van der Waals surface area (Å²) in [5.74, 6) is 0. The summed E-state index contributed by atoms with van der Waals surface area (Å²) in [4.78, 5) is 10.4. The Hall–Kier alpha value is -6.38. The molecule has 0 aliphatic carbocycles. The highest BCUT2D eigenvalue weighted by atomic mass is 14.8. The van der Waals surface area contributed by atoms with Crippen molar-refractivity contribution in [2.24, 2.45) is 0 Å². The van der Waals surface area contributed by atoms with Crippen molar-refractivity contribution in [2.75, 3.05) is 0 Å². The molecule has 0 atom stereocenters. The van der Waals surface area contributed by atoms with E-state index >= 15 is 0 Å². The molecule has 0 aliphatic rings. The van der Waals surface area contributed by atoms with Gasteiger partial charge in [-0.25, -0.2) is 9.97 Å². The Morgan fingerprint density at radius 1 is 0.271 bits per heavy atom. The first-order chi connectivity index (χ1) is 23.8. The number of benzene rings is 8. The van der Waals surface area contributed by atoms with Crippen molar-refractivity contribution in [3.8, 4) is 33.6 Å². The maximum Gasteiger partial charge on any atom is 0.0972 e. The van der Waals surface area contributed by atoms with E-state index in [4.69, 9.17) is 9.97 Å². The van der Waals surface area contributed by atoms with Crippen LogP contribution in [0.25, 0.3) is 98.5 Å². The highest BCUT2D eigenvalue weighted by Crippen LogP contribution is 2.40. The normalized spacial score (nSPS) is 11.8. The van der Waals surface area contributed by atoms with Gasteiger partial charge in [0.25, 0.3) is 0 Å². The van der Waals surface area contributed by atoms with Crippen LogP contribution in [0.1, 0.15) is 0 Å². The molecule has 10 rings (SSSR count). The third-order valence-corrected chi connectivity index (χ3v) is 9.84. The predicted octanol–water partition coefficient (Wildman–Crippen LogP) is 12.4. The lowest BCUT2D eigenvalue weighted by atomic mass is 9.89. The lowest BCUT2D eigenvalue weighted by Gasteiger charge is -2.15. The molecule has 2 aromatic heterocycles. The van der Waals surface area contributed by atoms with E-state index < -0.39 is 0 Å². The van der Waals surface area contributed by atoms with E-state index in [1.54, 1.807) is 0 Å². The summed E-state index contributed by atoms with van der Waals surface area (Å²) >= 11 is 0. The Morgan fingerprint density at radius 2 is 0.729 bits per heavy atom. The average Bonchev–Trinajstić information content (AvgIpc) is 3.17. The van der Waals surface area contributed by atoms with Crippen molar-refractivity contribution in [3.05, 3.63) is 170 Å². The molecule has 0 N–H and O–H groups in total. The largest absolute Gasteiger partial charge is 0.245 e. The Kier molecular flexibility index (Phi) is 5.91. The molecule has 0 fully saturated rings. The van der Waals surface area contributed by atoms with Crippen LogP contribution in [-0.2, 0) is 0 Å². The number of rotatable bonds is 3. The molecule has 8 aromatic carbocycles. The topological polar surface area (TPSA) is 25.8 Å². The van der Waals surface area contributed by atoms with E-state index in [0.29, 0.717) is 0 Å². The van der Waals surface area contributed by atoms with Gasteiger partial charge in [-0.1, -0.05) is 152 Å². The minimum atomic E-state index is 0.921. The van der Waals surface area contributed by atoms with Gasteiger partial charge in [0.1, 0.15) is 0 Å². The first-order valence-electron chi connectivity index (χ1n) is 16.4. The molecule has 10 aromatic rings. The maximum absolute atomic E-state index is 5.30. The molecule has 0 bridgehead atoms. The molecular weight excluding hydrogens is 581 g/mol. The van der Waals surface area contributed by atoms with E-state index in [0.717, 1.165) is 44.3 Å². The third kappa shape index (κ3) is 4.13. The number of aromatic nitrogens is 2. The van der Waals surface area contributed by atoms with E-state index in [-0.39, 0.29) is 0 Å². The number of fused-ring (bicyclic) bond motifs is 10. The first-order valence-corrected chi connectivity index (χ1v) is 16.4. The van der Waals surface area contributed by atoms with E-state index in [1.165, 1.54) is 54.2 Å². The molecule has 0 radical (unpaired) electrons. The Morgan fingerprint density at radius 3 is 1.38 bits per heavy atom. The summed E-state index contributed by atoms with van der Waals surface area (Å²) < 4.78 is 0. The van der Waals surface area contributed by atoms with Crippen LogP contribution in [0.4, 0.5) is 0 Å². The smallest absolute Gasteiger partial charge is 0.0972 e. The van der Waals surface area contributed by atoms with Crippen molar-refractivity contribution >= 4 is 64.9 Å². The quantitative estimate of drug-likeness (QED) is 0.187. The van der Waals surface area contributed by atoms with Gasteiger partial charge in [-0.3, -0.25) is 0 Å². The Balaban J connectivity index is 1.16. The summed E-state index contributed by atoms with van der Waals surface area (Å²) in [6, 6.07) is 60.9. The molecule has 0 saturated heterocycles. The van der Waals surface area contributed by atoms with Crippen LogP contribution in [-0.4, -0.2) is 9.97 Å². The van der Waals surface area contributed by atoms with Gasteiger partial charge in [-0.2, -0.15) is 0 Å². The number of nitrogens with zero attached hydrogens (tertiary/aromatic N) is 2. The number of pyridine rings is 2. The average molecular weight is 609 g/mol. The van der Waals surface area contributed by atoms with Crippen LogP contribution < -0.4 is 0 Å². The van der Waals surface area contributed by atoms with E-state index in [2.05, 4.69) is 164 Å². The number of hydrogen-bond acceptors (Lipinski definition) is 2. The molecule has 2 nitrogen and oxygen atoms in total. The molecule has 0 aliphatic heterocycles. The molecular formula is C46H28N2. The van der Waals surface area contributed by atoms with E-state index in [9.17, 15) is 0 Å². The fourth-order valence-electron chi connectivity index (χ4n) is 7.54. The zero-order valence-corrected chi connectivity index (χ0v) is 26.1. The second kappa shape index (κ2) is 10.6. The highest BCUT2D eigenvalue weighted by Gasteiger charge is 2.15. The van der Waals surface area contributed by atoms with Crippen LogP contribution >= 0.6 is 0 Å². The van der Waals surface area contributed by atoms with Crippen LogP contribution in [0.5, 0.6) is 0 Å². The molecule has 2 heteroatoms. The molecule has 2 heterocycles. The molecule has 0 amide bonds. The Labute approximate surface area is 277 Å². The fraction of sp³-hybridized carbons (Fsp3) is 0. The highest BCUT2D eigenvalue weighted by molar-refractivity contribution is 6.26. The fourth-order valence-corrected chi connectivity index (χ4v) is 7.54. The summed E-state index contributed by atoms with van der Waals surface area (Å²) in [6.45, 7) is 0.